The number of benzene rings is 2. The van der Waals surface area contributed by atoms with Gasteiger partial charge in [-0.3, -0.25) is 0 Å². The molecule has 0 bridgehead atoms. The van der Waals surface area contributed by atoms with Crippen molar-refractivity contribution in [2.75, 3.05) is 12.4 Å². The van der Waals surface area contributed by atoms with Crippen molar-refractivity contribution < 1.29 is 0 Å². The average molecular weight is 294 g/mol. The van der Waals surface area contributed by atoms with Crippen LogP contribution in [0, 0.1) is 0 Å². The highest BCUT2D eigenvalue weighted by atomic mass is 79.9. The zero-order valence-corrected chi connectivity index (χ0v) is 11.3. The molecule has 0 aromatic heterocycles. The number of rotatable bonds is 3. The van der Waals surface area contributed by atoms with Crippen molar-refractivity contribution in [3.8, 4) is 0 Å². The SMILES string of the molecule is CNc1ccc(Br)cc1Sc1ccccc1. The maximum Gasteiger partial charge on any atom is 0.0480 e. The Kier molecular flexibility index (Phi) is 3.91. The van der Waals surface area contributed by atoms with Crippen LogP contribution in [-0.2, 0) is 0 Å². The first kappa shape index (κ1) is 11.6. The Bertz CT molecular complexity index is 471. The van der Waals surface area contributed by atoms with Gasteiger partial charge in [0.15, 0.2) is 0 Å². The number of nitrogens with one attached hydrogen (secondary N) is 1. The van der Waals surface area contributed by atoms with E-state index in [-0.39, 0.29) is 0 Å². The van der Waals surface area contributed by atoms with Crippen LogP contribution in [0.25, 0.3) is 0 Å². The van der Waals surface area contributed by atoms with E-state index >= 15 is 0 Å². The van der Waals surface area contributed by atoms with E-state index in [1.54, 1.807) is 11.8 Å². The van der Waals surface area contributed by atoms with E-state index in [1.165, 1.54) is 9.79 Å². The molecule has 0 atom stereocenters. The first-order valence-electron chi connectivity index (χ1n) is 5.00. The summed E-state index contributed by atoms with van der Waals surface area (Å²) in [5, 5.41) is 3.20. The lowest BCUT2D eigenvalue weighted by Gasteiger charge is -2.09. The smallest absolute Gasteiger partial charge is 0.0480 e. The maximum absolute atomic E-state index is 3.50. The second-order valence-corrected chi connectivity index (χ2v) is 5.34. The molecule has 0 aliphatic carbocycles. The van der Waals surface area contributed by atoms with Gasteiger partial charge in [-0.1, -0.05) is 45.9 Å². The Morgan fingerprint density at radius 1 is 1.06 bits per heavy atom. The molecular formula is C13H12BrNS. The van der Waals surface area contributed by atoms with Crippen molar-refractivity contribution in [3.05, 3.63) is 53.0 Å². The zero-order valence-electron chi connectivity index (χ0n) is 8.91. The average Bonchev–Trinajstić information content (AvgIpc) is 2.31. The molecule has 0 saturated carbocycles. The lowest BCUT2D eigenvalue weighted by atomic mass is 10.3. The zero-order chi connectivity index (χ0) is 11.4. The van der Waals surface area contributed by atoms with Crippen LogP contribution >= 0.6 is 27.7 Å². The predicted molar refractivity (Wildman–Crippen MR) is 74.3 cm³/mol. The normalized spacial score (nSPS) is 10.1. The number of anilines is 1. The molecule has 2 rings (SSSR count). The van der Waals surface area contributed by atoms with Crippen LogP contribution in [-0.4, -0.2) is 7.05 Å². The molecule has 0 aliphatic rings. The van der Waals surface area contributed by atoms with Crippen LogP contribution in [0.5, 0.6) is 0 Å². The molecule has 82 valence electrons. The molecule has 0 spiro atoms. The summed E-state index contributed by atoms with van der Waals surface area (Å²) < 4.78 is 1.10. The van der Waals surface area contributed by atoms with Crippen LogP contribution in [0.15, 0.2) is 62.8 Å². The Morgan fingerprint density at radius 3 is 2.50 bits per heavy atom. The molecule has 0 amide bonds. The van der Waals surface area contributed by atoms with Crippen LogP contribution in [0.3, 0.4) is 0 Å². The van der Waals surface area contributed by atoms with Gasteiger partial charge in [0.25, 0.3) is 0 Å². The third-order valence-electron chi connectivity index (χ3n) is 2.18. The van der Waals surface area contributed by atoms with Crippen molar-refractivity contribution in [3.63, 3.8) is 0 Å². The molecule has 16 heavy (non-hydrogen) atoms. The highest BCUT2D eigenvalue weighted by Crippen LogP contribution is 2.34. The largest absolute Gasteiger partial charge is 0.387 e. The lowest BCUT2D eigenvalue weighted by Crippen LogP contribution is -1.90. The summed E-state index contributed by atoms with van der Waals surface area (Å²) in [6.45, 7) is 0. The fourth-order valence-electron chi connectivity index (χ4n) is 1.40. The maximum atomic E-state index is 3.50. The fraction of sp³-hybridized carbons (Fsp3) is 0.0769. The van der Waals surface area contributed by atoms with E-state index in [1.807, 2.05) is 19.2 Å². The van der Waals surface area contributed by atoms with Gasteiger partial charge in [0.2, 0.25) is 0 Å². The second kappa shape index (κ2) is 5.41. The lowest BCUT2D eigenvalue weighted by molar-refractivity contribution is 1.35. The van der Waals surface area contributed by atoms with Crippen LogP contribution < -0.4 is 5.32 Å². The van der Waals surface area contributed by atoms with E-state index in [0.717, 1.165) is 10.2 Å². The molecule has 2 aromatic rings. The molecule has 0 radical (unpaired) electrons. The Hall–Kier alpha value is -0.930. The molecule has 0 heterocycles. The Morgan fingerprint density at radius 2 is 1.81 bits per heavy atom. The van der Waals surface area contributed by atoms with Gasteiger partial charge in [-0.05, 0) is 30.3 Å². The fourth-order valence-corrected chi connectivity index (χ4v) is 2.93. The summed E-state index contributed by atoms with van der Waals surface area (Å²) in [7, 11) is 1.94. The van der Waals surface area contributed by atoms with Crippen molar-refractivity contribution >= 4 is 33.4 Å². The van der Waals surface area contributed by atoms with Crippen molar-refractivity contribution in [1.29, 1.82) is 0 Å². The van der Waals surface area contributed by atoms with Crippen LogP contribution in [0.1, 0.15) is 0 Å². The van der Waals surface area contributed by atoms with E-state index in [2.05, 4.69) is 57.6 Å². The standard InChI is InChI=1S/C13H12BrNS/c1-15-12-8-7-10(14)9-13(12)16-11-5-3-2-4-6-11/h2-9,15H,1H3. The summed E-state index contributed by atoms with van der Waals surface area (Å²) in [6.07, 6.45) is 0. The molecule has 0 saturated heterocycles. The van der Waals surface area contributed by atoms with Gasteiger partial charge < -0.3 is 5.32 Å². The molecular weight excluding hydrogens is 282 g/mol. The summed E-state index contributed by atoms with van der Waals surface area (Å²) in [6, 6.07) is 16.6. The van der Waals surface area contributed by atoms with E-state index in [9.17, 15) is 0 Å². The van der Waals surface area contributed by atoms with Crippen molar-refractivity contribution in [2.45, 2.75) is 9.79 Å². The molecule has 1 N–H and O–H groups in total. The molecule has 0 unspecified atom stereocenters. The Balaban J connectivity index is 2.30. The second-order valence-electron chi connectivity index (χ2n) is 3.31. The summed E-state index contributed by atoms with van der Waals surface area (Å²) in [5.74, 6) is 0. The molecule has 0 aliphatic heterocycles. The number of hydrogen-bond donors (Lipinski definition) is 1. The van der Waals surface area contributed by atoms with Crippen LogP contribution in [0.2, 0.25) is 0 Å². The first-order chi connectivity index (χ1) is 7.79. The number of hydrogen-bond acceptors (Lipinski definition) is 2. The van der Waals surface area contributed by atoms with Gasteiger partial charge in [-0.25, -0.2) is 0 Å². The molecule has 3 heteroatoms. The van der Waals surface area contributed by atoms with Gasteiger partial charge in [0, 0.05) is 27.0 Å². The minimum atomic E-state index is 1.10. The monoisotopic (exact) mass is 293 g/mol. The van der Waals surface area contributed by atoms with Gasteiger partial charge in [-0.2, -0.15) is 0 Å². The highest BCUT2D eigenvalue weighted by molar-refractivity contribution is 9.10. The predicted octanol–water partition coefficient (Wildman–Crippen LogP) is 4.64. The topological polar surface area (TPSA) is 12.0 Å². The van der Waals surface area contributed by atoms with Gasteiger partial charge in [0.1, 0.15) is 0 Å². The van der Waals surface area contributed by atoms with E-state index in [0.29, 0.717) is 0 Å². The van der Waals surface area contributed by atoms with Crippen molar-refractivity contribution in [2.24, 2.45) is 0 Å². The van der Waals surface area contributed by atoms with Crippen LogP contribution in [0.4, 0.5) is 5.69 Å². The third-order valence-corrected chi connectivity index (χ3v) is 3.74. The third kappa shape index (κ3) is 2.80. The summed E-state index contributed by atoms with van der Waals surface area (Å²) in [5.41, 5.74) is 1.15. The molecule has 0 fully saturated rings. The summed E-state index contributed by atoms with van der Waals surface area (Å²) in [4.78, 5) is 2.47. The first-order valence-corrected chi connectivity index (χ1v) is 6.61. The van der Waals surface area contributed by atoms with Gasteiger partial charge in [0.05, 0.1) is 0 Å². The van der Waals surface area contributed by atoms with E-state index in [4.69, 9.17) is 0 Å². The Labute approximate surface area is 108 Å². The summed E-state index contributed by atoms with van der Waals surface area (Å²) >= 11 is 5.26. The number of halogens is 1. The quantitative estimate of drug-likeness (QED) is 0.885. The van der Waals surface area contributed by atoms with Gasteiger partial charge in [-0.15, -0.1) is 0 Å². The molecule has 1 nitrogen and oxygen atoms in total. The molecule has 2 aromatic carbocycles. The van der Waals surface area contributed by atoms with Gasteiger partial charge >= 0.3 is 0 Å². The minimum absolute atomic E-state index is 1.10. The van der Waals surface area contributed by atoms with Crippen molar-refractivity contribution in [1.82, 2.24) is 0 Å². The van der Waals surface area contributed by atoms with E-state index < -0.39 is 0 Å². The minimum Gasteiger partial charge on any atom is -0.387 e. The highest BCUT2D eigenvalue weighted by Gasteiger charge is 2.03.